The average molecular weight is 306 g/mol. The van der Waals surface area contributed by atoms with Gasteiger partial charge in [0, 0.05) is 23.3 Å². The zero-order valence-electron chi connectivity index (χ0n) is 11.4. The lowest BCUT2D eigenvalue weighted by Gasteiger charge is -2.27. The van der Waals surface area contributed by atoms with Crippen LogP contribution in [0.2, 0.25) is 5.02 Å². The van der Waals surface area contributed by atoms with Gasteiger partial charge in [0.2, 0.25) is 0 Å². The number of alkyl halides is 1. The van der Waals surface area contributed by atoms with Crippen LogP contribution in [0.1, 0.15) is 23.4 Å². The van der Waals surface area contributed by atoms with Gasteiger partial charge in [-0.15, -0.1) is 11.6 Å². The Labute approximate surface area is 130 Å². The summed E-state index contributed by atoms with van der Waals surface area (Å²) in [4.78, 5) is 2.40. The molecule has 2 aromatic rings. The van der Waals surface area contributed by atoms with Crippen molar-refractivity contribution < 1.29 is 0 Å². The summed E-state index contributed by atoms with van der Waals surface area (Å²) < 4.78 is 0. The lowest BCUT2D eigenvalue weighted by atomic mass is 10.1. The van der Waals surface area contributed by atoms with Gasteiger partial charge in [-0.1, -0.05) is 41.9 Å². The van der Waals surface area contributed by atoms with Gasteiger partial charge in [0.15, 0.2) is 0 Å². The highest BCUT2D eigenvalue weighted by molar-refractivity contribution is 6.30. The molecular formula is C17H17Cl2N. The zero-order valence-corrected chi connectivity index (χ0v) is 12.9. The Morgan fingerprint density at radius 3 is 2.60 bits per heavy atom. The first-order valence-electron chi connectivity index (χ1n) is 6.89. The molecule has 0 amide bonds. The highest BCUT2D eigenvalue weighted by Crippen LogP contribution is 2.34. The van der Waals surface area contributed by atoms with Crippen LogP contribution >= 0.6 is 23.2 Å². The highest BCUT2D eigenvalue weighted by Gasteiger charge is 2.27. The second kappa shape index (κ2) is 5.67. The van der Waals surface area contributed by atoms with Crippen LogP contribution in [0.3, 0.4) is 0 Å². The van der Waals surface area contributed by atoms with E-state index in [0.717, 1.165) is 23.6 Å². The van der Waals surface area contributed by atoms with E-state index >= 15 is 0 Å². The molecule has 0 radical (unpaired) electrons. The summed E-state index contributed by atoms with van der Waals surface area (Å²) in [7, 11) is 0. The Kier molecular flexibility index (Phi) is 3.91. The zero-order chi connectivity index (χ0) is 14.1. The Hall–Kier alpha value is -1.18. The molecule has 2 aromatic carbocycles. The Morgan fingerprint density at radius 2 is 1.85 bits per heavy atom. The van der Waals surface area contributed by atoms with E-state index in [4.69, 9.17) is 23.2 Å². The molecule has 0 fully saturated rings. The third-order valence-electron chi connectivity index (χ3n) is 3.94. The molecule has 1 heterocycles. The van der Waals surface area contributed by atoms with Gasteiger partial charge in [-0.25, -0.2) is 0 Å². The third-order valence-corrected chi connectivity index (χ3v) is 4.58. The van der Waals surface area contributed by atoms with E-state index in [1.807, 2.05) is 24.3 Å². The smallest absolute Gasteiger partial charge is 0.0760 e. The summed E-state index contributed by atoms with van der Waals surface area (Å²) in [6, 6.07) is 16.9. The van der Waals surface area contributed by atoms with Gasteiger partial charge in [-0.2, -0.15) is 0 Å². The summed E-state index contributed by atoms with van der Waals surface area (Å²) in [6.07, 6.45) is 1.10. The normalized spacial score (nSPS) is 18.9. The van der Waals surface area contributed by atoms with Gasteiger partial charge in [0.1, 0.15) is 0 Å². The number of benzene rings is 2. The number of fused-ring (bicyclic) bond motifs is 1. The van der Waals surface area contributed by atoms with Crippen LogP contribution in [-0.4, -0.2) is 12.6 Å². The summed E-state index contributed by atoms with van der Waals surface area (Å²) in [5.41, 5.74) is 3.85. The number of para-hydroxylation sites is 1. The number of halogens is 2. The molecule has 3 heteroatoms. The van der Waals surface area contributed by atoms with Crippen LogP contribution < -0.4 is 4.90 Å². The van der Waals surface area contributed by atoms with Crippen LogP contribution in [0.4, 0.5) is 5.69 Å². The van der Waals surface area contributed by atoms with Crippen LogP contribution in [0.15, 0.2) is 48.5 Å². The summed E-state index contributed by atoms with van der Waals surface area (Å²) in [5, 5.41) is 0.721. The van der Waals surface area contributed by atoms with Crippen LogP contribution in [0.5, 0.6) is 0 Å². The molecular weight excluding hydrogens is 289 g/mol. The van der Waals surface area contributed by atoms with Crippen molar-refractivity contribution in [3.63, 3.8) is 0 Å². The molecule has 1 nitrogen and oxygen atoms in total. The van der Waals surface area contributed by atoms with Crippen molar-refractivity contribution in [2.45, 2.75) is 24.8 Å². The monoisotopic (exact) mass is 305 g/mol. The van der Waals surface area contributed by atoms with Crippen molar-refractivity contribution in [1.82, 2.24) is 0 Å². The highest BCUT2D eigenvalue weighted by atomic mass is 35.5. The van der Waals surface area contributed by atoms with Crippen molar-refractivity contribution in [1.29, 1.82) is 0 Å². The van der Waals surface area contributed by atoms with Gasteiger partial charge in [-0.3, -0.25) is 0 Å². The first-order valence-corrected chi connectivity index (χ1v) is 7.70. The summed E-state index contributed by atoms with van der Waals surface area (Å²) >= 11 is 12.5. The van der Waals surface area contributed by atoms with E-state index in [1.165, 1.54) is 11.3 Å². The molecule has 0 bridgehead atoms. The molecule has 3 rings (SSSR count). The summed E-state index contributed by atoms with van der Waals surface area (Å²) in [5.74, 6) is 0. The van der Waals surface area contributed by atoms with Crippen LogP contribution in [0, 0.1) is 0 Å². The Balaban J connectivity index is 1.79. The number of anilines is 1. The molecule has 0 aliphatic carbocycles. The fourth-order valence-electron chi connectivity index (χ4n) is 2.86. The molecule has 20 heavy (non-hydrogen) atoms. The average Bonchev–Trinajstić information content (AvgIpc) is 2.76. The Bertz CT molecular complexity index is 594. The SMILES string of the molecule is CC1Cc2ccccc2N1CC(Cl)c1ccc(Cl)cc1. The van der Waals surface area contributed by atoms with Gasteiger partial charge in [-0.05, 0) is 42.7 Å². The van der Waals surface area contributed by atoms with Crippen molar-refractivity contribution in [3.05, 3.63) is 64.7 Å². The molecule has 0 saturated heterocycles. The van der Waals surface area contributed by atoms with Crippen LogP contribution in [-0.2, 0) is 6.42 Å². The van der Waals surface area contributed by atoms with E-state index in [2.05, 4.69) is 36.1 Å². The van der Waals surface area contributed by atoms with Gasteiger partial charge in [0.25, 0.3) is 0 Å². The first-order chi connectivity index (χ1) is 9.65. The molecule has 1 aliphatic heterocycles. The van der Waals surface area contributed by atoms with E-state index in [9.17, 15) is 0 Å². The molecule has 0 saturated carbocycles. The first kappa shape index (κ1) is 13.8. The minimum Gasteiger partial charge on any atom is -0.366 e. The summed E-state index contributed by atoms with van der Waals surface area (Å²) in [6.45, 7) is 3.08. The number of hydrogen-bond acceptors (Lipinski definition) is 1. The molecule has 0 spiro atoms. The molecule has 0 N–H and O–H groups in total. The standard InChI is InChI=1S/C17H17Cl2N/c1-12-10-14-4-2-3-5-17(14)20(12)11-16(19)13-6-8-15(18)9-7-13/h2-9,12,16H,10-11H2,1H3. The third kappa shape index (κ3) is 2.65. The number of rotatable bonds is 3. The second-order valence-electron chi connectivity index (χ2n) is 5.35. The maximum Gasteiger partial charge on any atom is 0.0760 e. The van der Waals surface area contributed by atoms with E-state index < -0.39 is 0 Å². The largest absolute Gasteiger partial charge is 0.366 e. The van der Waals surface area contributed by atoms with Gasteiger partial charge in [0.05, 0.1) is 5.38 Å². The van der Waals surface area contributed by atoms with Gasteiger partial charge >= 0.3 is 0 Å². The van der Waals surface area contributed by atoms with Crippen molar-refractivity contribution in [3.8, 4) is 0 Å². The molecule has 0 aromatic heterocycles. The lowest BCUT2D eigenvalue weighted by molar-refractivity contribution is 0.662. The quantitative estimate of drug-likeness (QED) is 0.716. The van der Waals surface area contributed by atoms with Gasteiger partial charge < -0.3 is 4.90 Å². The predicted molar refractivity (Wildman–Crippen MR) is 87.0 cm³/mol. The lowest BCUT2D eigenvalue weighted by Crippen LogP contribution is -2.32. The van der Waals surface area contributed by atoms with E-state index in [1.54, 1.807) is 0 Å². The molecule has 2 atom stereocenters. The minimum atomic E-state index is -0.0270. The fraction of sp³-hybridized carbons (Fsp3) is 0.294. The number of hydrogen-bond donors (Lipinski definition) is 0. The maximum atomic E-state index is 6.59. The topological polar surface area (TPSA) is 3.24 Å². The maximum absolute atomic E-state index is 6.59. The fourth-order valence-corrected chi connectivity index (χ4v) is 3.28. The van der Waals surface area contributed by atoms with E-state index in [-0.39, 0.29) is 5.38 Å². The second-order valence-corrected chi connectivity index (χ2v) is 6.32. The molecule has 1 aliphatic rings. The minimum absolute atomic E-state index is 0.0270. The van der Waals surface area contributed by atoms with E-state index in [0.29, 0.717) is 6.04 Å². The van der Waals surface area contributed by atoms with Crippen molar-refractivity contribution in [2.24, 2.45) is 0 Å². The molecule has 2 unspecified atom stereocenters. The predicted octanol–water partition coefficient (Wildman–Crippen LogP) is 5.07. The van der Waals surface area contributed by atoms with Crippen molar-refractivity contribution in [2.75, 3.05) is 11.4 Å². The van der Waals surface area contributed by atoms with Crippen molar-refractivity contribution >= 4 is 28.9 Å². The molecule has 104 valence electrons. The number of nitrogens with zero attached hydrogens (tertiary/aromatic N) is 1. The van der Waals surface area contributed by atoms with Crippen LogP contribution in [0.25, 0.3) is 0 Å². The Morgan fingerprint density at radius 1 is 1.15 bits per heavy atom.